The summed E-state index contributed by atoms with van der Waals surface area (Å²) in [4.78, 5) is 43.7. The second-order valence-corrected chi connectivity index (χ2v) is 11.8. The summed E-state index contributed by atoms with van der Waals surface area (Å²) in [5.41, 5.74) is 2.72. The van der Waals surface area contributed by atoms with Crippen molar-refractivity contribution >= 4 is 18.0 Å². The van der Waals surface area contributed by atoms with Crippen LogP contribution < -0.4 is 5.48 Å². The van der Waals surface area contributed by atoms with Gasteiger partial charge in [0, 0.05) is 19.4 Å². The minimum atomic E-state index is -1.20. The van der Waals surface area contributed by atoms with Crippen molar-refractivity contribution in [3.05, 3.63) is 0 Å². The van der Waals surface area contributed by atoms with E-state index in [1.807, 2.05) is 6.92 Å². The number of unbranched alkanes of at least 4 members (excludes halogenated alkanes) is 20. The van der Waals surface area contributed by atoms with Gasteiger partial charge in [0.05, 0.1) is 6.54 Å². The first-order chi connectivity index (χ1) is 20.9. The van der Waals surface area contributed by atoms with Gasteiger partial charge >= 0.3 is 18.0 Å². The first-order valence-electron chi connectivity index (χ1n) is 18.1. The molecular weight excluding hydrogens is 544 g/mol. The van der Waals surface area contributed by atoms with E-state index < -0.39 is 12.1 Å². The summed E-state index contributed by atoms with van der Waals surface area (Å²) < 4.78 is 0. The van der Waals surface area contributed by atoms with Crippen LogP contribution in [0.25, 0.3) is 0 Å². The molecule has 0 atom stereocenters. The van der Waals surface area contributed by atoms with Crippen LogP contribution in [0.1, 0.15) is 195 Å². The third kappa shape index (κ3) is 36.3. The molecule has 1 amide bonds. The minimum absolute atomic E-state index is 0.110. The lowest BCUT2D eigenvalue weighted by atomic mass is 10.1. The largest absolute Gasteiger partial charge is 0.463 e. The molecule has 0 aliphatic heterocycles. The summed E-state index contributed by atoms with van der Waals surface area (Å²) in [6, 6.07) is 0. The molecule has 0 fully saturated rings. The lowest BCUT2D eigenvalue weighted by Gasteiger charge is -2.17. The topological polar surface area (TPSA) is 105 Å². The zero-order valence-corrected chi connectivity index (χ0v) is 28.7. The van der Waals surface area contributed by atoms with Crippen LogP contribution in [0, 0.1) is 0 Å². The summed E-state index contributed by atoms with van der Waals surface area (Å²) >= 11 is 0. The van der Waals surface area contributed by atoms with Crippen LogP contribution in [-0.2, 0) is 19.3 Å². The lowest BCUT2D eigenvalue weighted by molar-refractivity contribution is -0.180. The van der Waals surface area contributed by atoms with Crippen molar-refractivity contribution in [3.63, 3.8) is 0 Å². The van der Waals surface area contributed by atoms with Crippen LogP contribution in [0.5, 0.6) is 0 Å². The van der Waals surface area contributed by atoms with Gasteiger partial charge in [-0.3, -0.25) is 4.79 Å². The fourth-order valence-corrected chi connectivity index (χ4v) is 4.60. The van der Waals surface area contributed by atoms with E-state index in [4.69, 9.17) is 14.8 Å². The highest BCUT2D eigenvalue weighted by Crippen LogP contribution is 2.13. The molecular formula is C35H70N2O6. The molecule has 0 radical (unpaired) electrons. The van der Waals surface area contributed by atoms with E-state index in [1.54, 1.807) is 0 Å². The van der Waals surface area contributed by atoms with Crippen molar-refractivity contribution in [2.24, 2.45) is 0 Å². The van der Waals surface area contributed by atoms with Gasteiger partial charge in [-0.2, -0.15) is 5.48 Å². The second-order valence-electron chi connectivity index (χ2n) is 11.8. The molecule has 0 bridgehead atoms. The van der Waals surface area contributed by atoms with Crippen LogP contribution >= 0.6 is 0 Å². The van der Waals surface area contributed by atoms with Gasteiger partial charge in [-0.1, -0.05) is 156 Å². The predicted molar refractivity (Wildman–Crippen MR) is 178 cm³/mol. The average Bonchev–Trinajstić information content (AvgIpc) is 2.99. The number of hydrogen-bond acceptors (Lipinski definition) is 6. The molecule has 43 heavy (non-hydrogen) atoms. The molecule has 0 aliphatic carbocycles. The molecule has 2 N–H and O–H groups in total. The molecule has 0 heterocycles. The van der Waals surface area contributed by atoms with Crippen molar-refractivity contribution in [2.45, 2.75) is 195 Å². The Kier molecular flexibility index (Phi) is 36.6. The van der Waals surface area contributed by atoms with Crippen LogP contribution in [0.3, 0.4) is 0 Å². The molecule has 8 nitrogen and oxygen atoms in total. The predicted octanol–water partition coefficient (Wildman–Crippen LogP) is 10.7. The van der Waals surface area contributed by atoms with E-state index in [0.717, 1.165) is 63.0 Å². The number of nitrogens with one attached hydrogen (secondary N) is 1. The summed E-state index contributed by atoms with van der Waals surface area (Å²) in [5.74, 6) is -0.552. The van der Waals surface area contributed by atoms with Crippen LogP contribution in [0.4, 0.5) is 4.79 Å². The first kappa shape index (κ1) is 43.3. The molecule has 0 aromatic carbocycles. The number of nitrogens with zero attached hydrogens (tertiary/aromatic N) is 1. The Morgan fingerprint density at radius 1 is 0.512 bits per heavy atom. The Morgan fingerprint density at radius 3 is 1.28 bits per heavy atom. The van der Waals surface area contributed by atoms with Gasteiger partial charge in [-0.05, 0) is 25.7 Å². The van der Waals surface area contributed by atoms with Gasteiger partial charge < -0.3 is 14.8 Å². The smallest absolute Gasteiger partial charge is 0.440 e. The standard InChI is InChI=1S/C18H35NO4.C17H35NO2/c1-3-5-7-8-9-10-11-12-13-14-15-17(20)23-19(18(21)22)16-6-4-2;1-3-5-7-8-9-10-11-12-13-14-15-17(19)20-18-16-6-4-2/h3-16H2,1-2H3,(H,21,22);18H,3-16H2,1-2H3. The molecule has 0 aromatic rings. The van der Waals surface area contributed by atoms with Gasteiger partial charge in [-0.25, -0.2) is 9.59 Å². The summed E-state index contributed by atoms with van der Waals surface area (Å²) in [6.45, 7) is 9.57. The van der Waals surface area contributed by atoms with E-state index >= 15 is 0 Å². The first-order valence-corrected chi connectivity index (χ1v) is 18.1. The maximum Gasteiger partial charge on any atom is 0.440 e. The normalized spacial score (nSPS) is 10.6. The number of hydroxylamine groups is 3. The molecule has 0 unspecified atom stereocenters. The maximum absolute atomic E-state index is 11.6. The minimum Gasteiger partial charge on any atom is -0.463 e. The van der Waals surface area contributed by atoms with Crippen molar-refractivity contribution in [1.82, 2.24) is 10.5 Å². The Morgan fingerprint density at radius 2 is 0.884 bits per heavy atom. The zero-order valence-electron chi connectivity index (χ0n) is 28.7. The maximum atomic E-state index is 11.6. The van der Waals surface area contributed by atoms with Crippen molar-refractivity contribution in [3.8, 4) is 0 Å². The molecule has 0 saturated heterocycles. The van der Waals surface area contributed by atoms with Gasteiger partial charge in [0.2, 0.25) is 0 Å². The molecule has 0 spiro atoms. The van der Waals surface area contributed by atoms with E-state index in [9.17, 15) is 14.4 Å². The Bertz CT molecular complexity index is 617. The SMILES string of the molecule is CCCCCCCCCCCCC(=O)ON(CCCC)C(=O)O.CCCCCCCCCCCCC(=O)ONCCCC. The van der Waals surface area contributed by atoms with E-state index in [1.165, 1.54) is 96.3 Å². The van der Waals surface area contributed by atoms with E-state index in [-0.39, 0.29) is 12.5 Å². The van der Waals surface area contributed by atoms with Crippen LogP contribution in [-0.4, -0.2) is 41.3 Å². The van der Waals surface area contributed by atoms with Crippen LogP contribution in [0.15, 0.2) is 0 Å². The van der Waals surface area contributed by atoms with Gasteiger partial charge in [0.25, 0.3) is 0 Å². The highest BCUT2D eigenvalue weighted by atomic mass is 16.7. The summed E-state index contributed by atoms with van der Waals surface area (Å²) in [7, 11) is 0. The van der Waals surface area contributed by atoms with Gasteiger partial charge in [0.15, 0.2) is 0 Å². The van der Waals surface area contributed by atoms with E-state index in [0.29, 0.717) is 19.3 Å². The van der Waals surface area contributed by atoms with Crippen molar-refractivity contribution in [1.29, 1.82) is 0 Å². The molecule has 0 aromatic heterocycles. The number of carboxylic acid groups (broad SMARTS) is 1. The zero-order chi connectivity index (χ0) is 32.2. The van der Waals surface area contributed by atoms with Crippen molar-refractivity contribution < 1.29 is 29.2 Å². The number of hydrogen-bond donors (Lipinski definition) is 2. The molecule has 0 saturated carbocycles. The number of rotatable bonds is 29. The molecule has 0 rings (SSSR count). The number of amides is 1. The van der Waals surface area contributed by atoms with Gasteiger partial charge in [-0.15, -0.1) is 5.06 Å². The Balaban J connectivity index is 0. The van der Waals surface area contributed by atoms with Gasteiger partial charge in [0.1, 0.15) is 0 Å². The highest BCUT2D eigenvalue weighted by Gasteiger charge is 2.16. The van der Waals surface area contributed by atoms with Crippen molar-refractivity contribution in [2.75, 3.05) is 13.1 Å². The molecule has 8 heteroatoms. The molecule has 0 aliphatic rings. The third-order valence-corrected chi connectivity index (χ3v) is 7.43. The fourth-order valence-electron chi connectivity index (χ4n) is 4.60. The highest BCUT2D eigenvalue weighted by molar-refractivity contribution is 5.72. The third-order valence-electron chi connectivity index (χ3n) is 7.43. The Hall–Kier alpha value is -1.83. The quantitative estimate of drug-likeness (QED) is 0.0637. The number of carbonyl (C=O) groups is 3. The Labute approximate surface area is 265 Å². The lowest BCUT2D eigenvalue weighted by Crippen LogP contribution is -2.33. The fraction of sp³-hybridized carbons (Fsp3) is 0.914. The second kappa shape index (κ2) is 36.4. The summed E-state index contributed by atoms with van der Waals surface area (Å²) in [5, 5.41) is 9.70. The van der Waals surface area contributed by atoms with E-state index in [2.05, 4.69) is 26.3 Å². The molecule has 256 valence electrons. The monoisotopic (exact) mass is 615 g/mol. The average molecular weight is 615 g/mol. The van der Waals surface area contributed by atoms with Crippen LogP contribution in [0.2, 0.25) is 0 Å². The summed E-state index contributed by atoms with van der Waals surface area (Å²) in [6.07, 6.45) is 28.3. The number of carbonyl (C=O) groups excluding carboxylic acids is 2.